The topological polar surface area (TPSA) is 95.9 Å². The summed E-state index contributed by atoms with van der Waals surface area (Å²) >= 11 is 6.96. The Bertz CT molecular complexity index is 1940. The number of amides is 2. The molecule has 0 saturated carbocycles. The van der Waals surface area contributed by atoms with Crippen molar-refractivity contribution in [2.45, 2.75) is 63.5 Å². The molecule has 0 aliphatic carbocycles. The summed E-state index contributed by atoms with van der Waals surface area (Å²) in [4.78, 5) is 41.4. The zero-order chi connectivity index (χ0) is 35.5. The minimum absolute atomic E-state index is 0.0146. The molecular weight excluding hydrogens is 662 g/mol. The van der Waals surface area contributed by atoms with Gasteiger partial charge < -0.3 is 19.5 Å². The van der Waals surface area contributed by atoms with Crippen molar-refractivity contribution in [1.82, 2.24) is 19.7 Å². The van der Waals surface area contributed by atoms with E-state index < -0.39 is 0 Å². The molecule has 1 unspecified atom stereocenters. The third-order valence-corrected chi connectivity index (χ3v) is 11.6. The number of ether oxygens (including phenoxy) is 1. The van der Waals surface area contributed by atoms with E-state index in [0.717, 1.165) is 78.7 Å². The molecule has 3 aliphatic heterocycles. The summed E-state index contributed by atoms with van der Waals surface area (Å²) < 4.78 is 7.52. The maximum Gasteiger partial charge on any atom is 0.258 e. The highest BCUT2D eigenvalue weighted by atomic mass is 35.5. The molecule has 268 valence electrons. The second kappa shape index (κ2) is 15.6. The van der Waals surface area contributed by atoms with Crippen molar-refractivity contribution in [1.29, 1.82) is 0 Å². The molecule has 0 spiro atoms. The van der Waals surface area contributed by atoms with Crippen LogP contribution in [0.1, 0.15) is 62.0 Å². The quantitative estimate of drug-likeness (QED) is 0.180. The second-order valence-electron chi connectivity index (χ2n) is 14.5. The maximum atomic E-state index is 12.7. The molecule has 3 aromatic carbocycles. The number of hydrogen-bond donors (Lipinski definition) is 2. The number of hydrogen-bond acceptors (Lipinski definition) is 7. The van der Waals surface area contributed by atoms with E-state index in [9.17, 15) is 14.4 Å². The molecule has 0 bridgehead atoms. The Hall–Kier alpha value is -4.18. The molecular formula is C41H48ClN5O4. The minimum Gasteiger partial charge on any atom is -0.496 e. The van der Waals surface area contributed by atoms with E-state index >= 15 is 0 Å². The van der Waals surface area contributed by atoms with E-state index in [1.54, 1.807) is 18.7 Å². The van der Waals surface area contributed by atoms with Crippen LogP contribution in [0.3, 0.4) is 0 Å². The number of likely N-dealkylation sites (tertiary alicyclic amines) is 2. The number of pyridine rings is 1. The van der Waals surface area contributed by atoms with Gasteiger partial charge in [-0.15, -0.1) is 0 Å². The summed E-state index contributed by atoms with van der Waals surface area (Å²) in [5.74, 6) is 1.64. The van der Waals surface area contributed by atoms with Gasteiger partial charge in [0, 0.05) is 53.4 Å². The van der Waals surface area contributed by atoms with Gasteiger partial charge >= 0.3 is 0 Å². The molecule has 2 amide bonds. The number of carbonyl (C=O) groups excluding carboxylic acids is 2. The van der Waals surface area contributed by atoms with Crippen LogP contribution >= 0.6 is 11.6 Å². The molecule has 1 atom stereocenters. The average Bonchev–Trinajstić information content (AvgIpc) is 3.15. The molecule has 4 heterocycles. The summed E-state index contributed by atoms with van der Waals surface area (Å²) in [7, 11) is 3.49. The van der Waals surface area contributed by atoms with E-state index in [-0.39, 0.29) is 23.4 Å². The number of methoxy groups -OCH3 is 1. The smallest absolute Gasteiger partial charge is 0.258 e. The maximum absolute atomic E-state index is 12.7. The molecule has 4 aromatic rings. The van der Waals surface area contributed by atoms with Gasteiger partial charge in [0.15, 0.2) is 0 Å². The number of aryl methyl sites for hydroxylation is 1. The number of rotatable bonds is 10. The van der Waals surface area contributed by atoms with Gasteiger partial charge in [0.2, 0.25) is 11.8 Å². The molecule has 9 nitrogen and oxygen atoms in total. The normalized spacial score (nSPS) is 19.7. The number of carbonyl (C=O) groups is 2. The predicted octanol–water partition coefficient (Wildman–Crippen LogP) is 6.57. The first-order valence-electron chi connectivity index (χ1n) is 18.4. The van der Waals surface area contributed by atoms with Crippen molar-refractivity contribution in [3.63, 3.8) is 0 Å². The molecule has 3 saturated heterocycles. The van der Waals surface area contributed by atoms with E-state index in [1.807, 2.05) is 36.5 Å². The zero-order valence-electron chi connectivity index (χ0n) is 29.6. The van der Waals surface area contributed by atoms with Crippen molar-refractivity contribution >= 4 is 39.9 Å². The monoisotopic (exact) mass is 709 g/mol. The van der Waals surface area contributed by atoms with Gasteiger partial charge in [0.05, 0.1) is 7.11 Å². The van der Waals surface area contributed by atoms with Crippen molar-refractivity contribution in [2.75, 3.05) is 45.2 Å². The lowest BCUT2D eigenvalue weighted by molar-refractivity contribution is -0.133. The van der Waals surface area contributed by atoms with Gasteiger partial charge in [-0.25, -0.2) is 0 Å². The van der Waals surface area contributed by atoms with Crippen molar-refractivity contribution in [3.05, 3.63) is 93.4 Å². The fraction of sp³-hybridized carbons (Fsp3) is 0.439. The first kappa shape index (κ1) is 35.2. The van der Waals surface area contributed by atoms with Crippen LogP contribution < -0.4 is 20.9 Å². The number of aromatic nitrogens is 1. The first-order chi connectivity index (χ1) is 24.7. The summed E-state index contributed by atoms with van der Waals surface area (Å²) in [6.07, 6.45) is 8.74. The molecule has 1 aromatic heterocycles. The van der Waals surface area contributed by atoms with Crippen LogP contribution in [-0.4, -0.2) is 72.1 Å². The highest BCUT2D eigenvalue weighted by molar-refractivity contribution is 6.32. The summed E-state index contributed by atoms with van der Waals surface area (Å²) in [6, 6.07) is 19.9. The molecule has 0 radical (unpaired) electrons. The van der Waals surface area contributed by atoms with Crippen LogP contribution in [0.25, 0.3) is 21.9 Å². The SMILES string of the molecule is COc1cc(-c2cn(C)c(=O)c3ccccc23)cc(Cl)c1CN1CCC(CCN2CCC(c3ccc(NC4CCC(=O)NC4=O)cc3)CC2)CC1. The molecule has 7 rings (SSSR count). The van der Waals surface area contributed by atoms with Crippen LogP contribution in [0.4, 0.5) is 5.69 Å². The molecule has 3 aliphatic rings. The van der Waals surface area contributed by atoms with Gasteiger partial charge in [-0.1, -0.05) is 41.9 Å². The Labute approximate surface area is 304 Å². The third kappa shape index (κ3) is 8.01. The van der Waals surface area contributed by atoms with E-state index in [1.165, 1.54) is 37.7 Å². The third-order valence-electron chi connectivity index (χ3n) is 11.3. The fourth-order valence-corrected chi connectivity index (χ4v) is 8.42. The van der Waals surface area contributed by atoms with Gasteiger partial charge in [-0.05, 0) is 130 Å². The van der Waals surface area contributed by atoms with Crippen molar-refractivity contribution < 1.29 is 14.3 Å². The van der Waals surface area contributed by atoms with Gasteiger partial charge in [0.1, 0.15) is 11.8 Å². The Kier molecular flexibility index (Phi) is 10.8. The number of halogens is 1. The number of nitrogens with one attached hydrogen (secondary N) is 2. The average molecular weight is 710 g/mol. The molecule has 2 N–H and O–H groups in total. The number of anilines is 1. The highest BCUT2D eigenvalue weighted by Gasteiger charge is 2.27. The lowest BCUT2D eigenvalue weighted by Gasteiger charge is -2.35. The first-order valence-corrected chi connectivity index (χ1v) is 18.7. The number of fused-ring (bicyclic) bond motifs is 1. The van der Waals surface area contributed by atoms with Crippen LogP contribution in [0.5, 0.6) is 5.75 Å². The minimum atomic E-state index is -0.356. The standard InChI is InChI=1S/C41H48ClN5O4/c1-45-25-34(32-5-3-4-6-33(32)41(45)50)30-23-36(42)35(38(24-30)51-2)26-47-19-14-27(15-20-47)13-18-46-21-16-29(17-22-46)28-7-9-31(10-8-28)43-37-11-12-39(48)44-40(37)49/h3-10,23-25,27,29,37,43H,11-22,26H2,1-2H3,(H,44,48,49). The summed E-state index contributed by atoms with van der Waals surface area (Å²) in [5.41, 5.74) is 5.18. The van der Waals surface area contributed by atoms with Crippen molar-refractivity contribution in [3.8, 4) is 16.9 Å². The lowest BCUT2D eigenvalue weighted by atomic mass is 9.88. The molecule has 3 fully saturated rings. The number of benzene rings is 3. The predicted molar refractivity (Wildman–Crippen MR) is 203 cm³/mol. The fourth-order valence-electron chi connectivity index (χ4n) is 8.14. The largest absolute Gasteiger partial charge is 0.496 e. The zero-order valence-corrected chi connectivity index (χ0v) is 30.4. The van der Waals surface area contributed by atoms with E-state index in [4.69, 9.17) is 16.3 Å². The highest BCUT2D eigenvalue weighted by Crippen LogP contribution is 2.37. The van der Waals surface area contributed by atoms with Gasteiger partial charge in [-0.2, -0.15) is 0 Å². The number of nitrogens with zero attached hydrogens (tertiary/aromatic N) is 3. The molecule has 51 heavy (non-hydrogen) atoms. The van der Waals surface area contributed by atoms with E-state index in [2.05, 4.69) is 50.8 Å². The van der Waals surface area contributed by atoms with Crippen LogP contribution in [0, 0.1) is 5.92 Å². The second-order valence-corrected chi connectivity index (χ2v) is 14.9. The Morgan fingerprint density at radius 2 is 1.59 bits per heavy atom. The van der Waals surface area contributed by atoms with Crippen molar-refractivity contribution in [2.24, 2.45) is 13.0 Å². The van der Waals surface area contributed by atoms with Crippen LogP contribution in [0.2, 0.25) is 5.02 Å². The Balaban J connectivity index is 0.873. The van der Waals surface area contributed by atoms with Crippen LogP contribution in [0.15, 0.2) is 71.7 Å². The number of piperidine rings is 3. The lowest BCUT2D eigenvalue weighted by Crippen LogP contribution is -2.47. The van der Waals surface area contributed by atoms with Crippen LogP contribution in [-0.2, 0) is 23.2 Å². The summed E-state index contributed by atoms with van der Waals surface area (Å²) in [5, 5.41) is 7.98. The Morgan fingerprint density at radius 1 is 0.882 bits per heavy atom. The number of imide groups is 1. The van der Waals surface area contributed by atoms with Gasteiger partial charge in [0.25, 0.3) is 5.56 Å². The Morgan fingerprint density at radius 3 is 2.29 bits per heavy atom. The molecule has 10 heteroatoms. The van der Waals surface area contributed by atoms with Gasteiger partial charge in [-0.3, -0.25) is 24.6 Å². The van der Waals surface area contributed by atoms with E-state index in [0.29, 0.717) is 29.2 Å². The summed E-state index contributed by atoms with van der Waals surface area (Å²) in [6.45, 7) is 6.27.